The van der Waals surface area contributed by atoms with Crippen LogP contribution in [0.4, 0.5) is 11.6 Å². The summed E-state index contributed by atoms with van der Waals surface area (Å²) in [5.41, 5.74) is 2.29. The van der Waals surface area contributed by atoms with Gasteiger partial charge in [-0.1, -0.05) is 12.5 Å². The zero-order chi connectivity index (χ0) is 18.6. The van der Waals surface area contributed by atoms with Crippen molar-refractivity contribution in [2.45, 2.75) is 38.8 Å². The molecule has 140 valence electrons. The fourth-order valence-electron chi connectivity index (χ4n) is 3.67. The molecule has 1 saturated heterocycles. The Morgan fingerprint density at radius 2 is 2.04 bits per heavy atom. The standard InChI is InChI=1S/C20H25N7/c1-15-23-17(13-20(24-15)25-19-8-3-5-10-21-19)18-7-4-6-12-27(18)14-16-9-11-22-26(16)2/h3,5,8-11,13,18H,4,6-7,12,14H2,1-2H3,(H,21,23,24,25). The van der Waals surface area contributed by atoms with Crippen LogP contribution >= 0.6 is 0 Å². The van der Waals surface area contributed by atoms with Gasteiger partial charge in [0.05, 0.1) is 17.4 Å². The molecule has 1 N–H and O–H groups in total. The number of piperidine rings is 1. The van der Waals surface area contributed by atoms with E-state index in [-0.39, 0.29) is 0 Å². The summed E-state index contributed by atoms with van der Waals surface area (Å²) in [5, 5.41) is 7.60. The van der Waals surface area contributed by atoms with E-state index in [4.69, 9.17) is 4.98 Å². The van der Waals surface area contributed by atoms with Crippen molar-refractivity contribution in [1.82, 2.24) is 29.6 Å². The van der Waals surface area contributed by atoms with Gasteiger partial charge in [0, 0.05) is 32.1 Å². The molecule has 0 bridgehead atoms. The lowest BCUT2D eigenvalue weighted by atomic mass is 9.98. The maximum absolute atomic E-state index is 4.77. The minimum absolute atomic E-state index is 0.291. The van der Waals surface area contributed by atoms with Crippen LogP contribution in [0.5, 0.6) is 0 Å². The summed E-state index contributed by atoms with van der Waals surface area (Å²) in [5.74, 6) is 2.36. The first-order valence-corrected chi connectivity index (χ1v) is 9.43. The van der Waals surface area contributed by atoms with Crippen molar-refractivity contribution in [3.8, 4) is 0 Å². The molecule has 0 aliphatic carbocycles. The highest BCUT2D eigenvalue weighted by molar-refractivity contribution is 5.51. The van der Waals surface area contributed by atoms with Crippen molar-refractivity contribution in [3.05, 3.63) is 59.9 Å². The molecular formula is C20H25N7. The highest BCUT2D eigenvalue weighted by Crippen LogP contribution is 2.32. The van der Waals surface area contributed by atoms with Gasteiger partial charge in [-0.15, -0.1) is 0 Å². The Bertz CT molecular complexity index is 890. The number of nitrogens with one attached hydrogen (secondary N) is 1. The van der Waals surface area contributed by atoms with Gasteiger partial charge in [0.1, 0.15) is 17.5 Å². The van der Waals surface area contributed by atoms with Crippen LogP contribution in [0, 0.1) is 6.92 Å². The molecule has 1 fully saturated rings. The highest BCUT2D eigenvalue weighted by Gasteiger charge is 2.26. The normalized spacial score (nSPS) is 17.8. The van der Waals surface area contributed by atoms with Gasteiger partial charge >= 0.3 is 0 Å². The molecule has 0 amide bonds. The molecule has 0 aromatic carbocycles. The maximum atomic E-state index is 4.77. The van der Waals surface area contributed by atoms with E-state index in [1.54, 1.807) is 6.20 Å². The van der Waals surface area contributed by atoms with Gasteiger partial charge in [0.15, 0.2) is 0 Å². The summed E-state index contributed by atoms with van der Waals surface area (Å²) >= 11 is 0. The molecule has 1 aliphatic rings. The summed E-state index contributed by atoms with van der Waals surface area (Å²) in [4.78, 5) is 16.1. The molecule has 4 heterocycles. The Kier molecular flexibility index (Phi) is 5.11. The molecular weight excluding hydrogens is 338 g/mol. The second-order valence-corrected chi connectivity index (χ2v) is 6.99. The Hall–Kier alpha value is -2.80. The van der Waals surface area contributed by atoms with E-state index in [1.807, 2.05) is 43.0 Å². The van der Waals surface area contributed by atoms with Gasteiger partial charge in [-0.2, -0.15) is 5.10 Å². The third-order valence-corrected chi connectivity index (χ3v) is 5.02. The summed E-state index contributed by atoms with van der Waals surface area (Å²) in [6.45, 7) is 3.90. The fraction of sp³-hybridized carbons (Fsp3) is 0.400. The molecule has 4 rings (SSSR count). The first kappa shape index (κ1) is 17.6. The molecule has 7 nitrogen and oxygen atoms in total. The monoisotopic (exact) mass is 363 g/mol. The van der Waals surface area contributed by atoms with E-state index in [1.165, 1.54) is 18.5 Å². The van der Waals surface area contributed by atoms with E-state index in [2.05, 4.69) is 37.4 Å². The number of pyridine rings is 1. The number of aromatic nitrogens is 5. The average molecular weight is 363 g/mol. The molecule has 1 unspecified atom stereocenters. The van der Waals surface area contributed by atoms with Gasteiger partial charge < -0.3 is 5.32 Å². The number of anilines is 2. The SMILES string of the molecule is Cc1nc(Nc2ccccn2)cc(C2CCCCN2Cc2ccnn2C)n1. The van der Waals surface area contributed by atoms with Crippen molar-refractivity contribution >= 4 is 11.6 Å². The van der Waals surface area contributed by atoms with E-state index in [9.17, 15) is 0 Å². The molecule has 1 aliphatic heterocycles. The number of aryl methyl sites for hydroxylation is 2. The minimum Gasteiger partial charge on any atom is -0.325 e. The Morgan fingerprint density at radius 3 is 2.81 bits per heavy atom. The summed E-state index contributed by atoms with van der Waals surface area (Å²) in [6, 6.07) is 10.2. The first-order valence-electron chi connectivity index (χ1n) is 9.43. The smallest absolute Gasteiger partial charge is 0.135 e. The predicted molar refractivity (Wildman–Crippen MR) is 104 cm³/mol. The average Bonchev–Trinajstić information content (AvgIpc) is 3.07. The zero-order valence-electron chi connectivity index (χ0n) is 15.8. The van der Waals surface area contributed by atoms with Crippen molar-refractivity contribution in [2.75, 3.05) is 11.9 Å². The molecule has 1 atom stereocenters. The van der Waals surface area contributed by atoms with Crippen LogP contribution in [-0.4, -0.2) is 36.2 Å². The van der Waals surface area contributed by atoms with Crippen molar-refractivity contribution in [3.63, 3.8) is 0 Å². The van der Waals surface area contributed by atoms with Crippen LogP contribution in [0.15, 0.2) is 42.7 Å². The molecule has 27 heavy (non-hydrogen) atoms. The van der Waals surface area contributed by atoms with Crippen molar-refractivity contribution in [1.29, 1.82) is 0 Å². The largest absolute Gasteiger partial charge is 0.325 e. The van der Waals surface area contributed by atoms with E-state index >= 15 is 0 Å². The third kappa shape index (κ3) is 4.14. The first-order chi connectivity index (χ1) is 13.2. The Balaban J connectivity index is 1.59. The topological polar surface area (TPSA) is 71.8 Å². The number of hydrogen-bond donors (Lipinski definition) is 1. The second kappa shape index (κ2) is 7.84. The quantitative estimate of drug-likeness (QED) is 0.749. The van der Waals surface area contributed by atoms with Gasteiger partial charge in [-0.05, 0) is 44.5 Å². The lowest BCUT2D eigenvalue weighted by Crippen LogP contribution is -2.34. The number of likely N-dealkylation sites (tertiary alicyclic amines) is 1. The molecule has 0 saturated carbocycles. The van der Waals surface area contributed by atoms with Crippen molar-refractivity contribution < 1.29 is 0 Å². The third-order valence-electron chi connectivity index (χ3n) is 5.02. The van der Waals surface area contributed by atoms with Crippen LogP contribution in [0.25, 0.3) is 0 Å². The van der Waals surface area contributed by atoms with Crippen molar-refractivity contribution in [2.24, 2.45) is 7.05 Å². The van der Waals surface area contributed by atoms with Crippen LogP contribution in [0.2, 0.25) is 0 Å². The Morgan fingerprint density at radius 1 is 1.11 bits per heavy atom. The van der Waals surface area contributed by atoms with Gasteiger partial charge in [-0.25, -0.2) is 15.0 Å². The van der Waals surface area contributed by atoms with E-state index in [0.29, 0.717) is 6.04 Å². The minimum atomic E-state index is 0.291. The van der Waals surface area contributed by atoms with Crippen LogP contribution in [-0.2, 0) is 13.6 Å². The molecule has 0 radical (unpaired) electrons. The predicted octanol–water partition coefficient (Wildman–Crippen LogP) is 3.38. The molecule has 3 aromatic rings. The molecule has 3 aromatic heterocycles. The molecule has 7 heteroatoms. The van der Waals surface area contributed by atoms with E-state index in [0.717, 1.165) is 42.7 Å². The summed E-state index contributed by atoms with van der Waals surface area (Å²) in [6.07, 6.45) is 7.18. The van der Waals surface area contributed by atoms with Crippen LogP contribution in [0.3, 0.4) is 0 Å². The van der Waals surface area contributed by atoms with Gasteiger partial charge in [0.2, 0.25) is 0 Å². The molecule has 0 spiro atoms. The lowest BCUT2D eigenvalue weighted by molar-refractivity contribution is 0.133. The lowest BCUT2D eigenvalue weighted by Gasteiger charge is -2.35. The number of nitrogens with zero attached hydrogens (tertiary/aromatic N) is 6. The van der Waals surface area contributed by atoms with Crippen LogP contribution in [0.1, 0.15) is 42.5 Å². The van der Waals surface area contributed by atoms with Gasteiger partial charge in [0.25, 0.3) is 0 Å². The Labute approximate surface area is 159 Å². The zero-order valence-corrected chi connectivity index (χ0v) is 15.8. The number of rotatable bonds is 5. The van der Waals surface area contributed by atoms with E-state index < -0.39 is 0 Å². The number of hydrogen-bond acceptors (Lipinski definition) is 6. The second-order valence-electron chi connectivity index (χ2n) is 6.99. The highest BCUT2D eigenvalue weighted by atomic mass is 15.3. The summed E-state index contributed by atoms with van der Waals surface area (Å²) < 4.78 is 1.95. The van der Waals surface area contributed by atoms with Gasteiger partial charge in [-0.3, -0.25) is 9.58 Å². The van der Waals surface area contributed by atoms with Crippen LogP contribution < -0.4 is 5.32 Å². The maximum Gasteiger partial charge on any atom is 0.135 e. The summed E-state index contributed by atoms with van der Waals surface area (Å²) in [7, 11) is 2.00. The fourth-order valence-corrected chi connectivity index (χ4v) is 3.67.